The fourth-order valence-electron chi connectivity index (χ4n) is 3.10. The zero-order chi connectivity index (χ0) is 15.0. The van der Waals surface area contributed by atoms with E-state index in [0.29, 0.717) is 24.6 Å². The van der Waals surface area contributed by atoms with E-state index in [0.717, 1.165) is 25.5 Å². The normalized spacial score (nSPS) is 29.0. The lowest BCUT2D eigenvalue weighted by atomic mass is 9.90. The largest absolute Gasteiger partial charge is 0.376 e. The van der Waals surface area contributed by atoms with Crippen molar-refractivity contribution in [1.29, 1.82) is 0 Å². The number of aliphatic imine (C=N–C) groups is 1. The molecule has 0 saturated carbocycles. The van der Waals surface area contributed by atoms with Crippen LogP contribution in [-0.4, -0.2) is 36.7 Å². The smallest absolute Gasteiger partial charge is 0.192 e. The van der Waals surface area contributed by atoms with E-state index in [1.54, 1.807) is 0 Å². The second kappa shape index (κ2) is 5.26. The summed E-state index contributed by atoms with van der Waals surface area (Å²) in [5, 5.41) is 0. The summed E-state index contributed by atoms with van der Waals surface area (Å²) in [6.45, 7) is 3.55. The predicted molar refractivity (Wildman–Crippen MR) is 75.9 cm³/mol. The molecule has 0 aliphatic carbocycles. The van der Waals surface area contributed by atoms with Gasteiger partial charge in [-0.05, 0) is 25.8 Å². The zero-order valence-corrected chi connectivity index (χ0v) is 12.0. The number of nitrogens with zero attached hydrogens (tertiary/aromatic N) is 2. The van der Waals surface area contributed by atoms with E-state index >= 15 is 0 Å². The van der Waals surface area contributed by atoms with Crippen molar-refractivity contribution in [3.8, 4) is 0 Å². The molecule has 2 aliphatic rings. The molecule has 2 unspecified atom stereocenters. The lowest BCUT2D eigenvalue weighted by Gasteiger charge is -2.38. The van der Waals surface area contributed by atoms with Gasteiger partial charge in [-0.15, -0.1) is 0 Å². The van der Waals surface area contributed by atoms with E-state index in [4.69, 9.17) is 10.5 Å². The van der Waals surface area contributed by atoms with E-state index in [1.807, 2.05) is 11.8 Å². The summed E-state index contributed by atoms with van der Waals surface area (Å²) in [5.41, 5.74) is 5.68. The maximum atomic E-state index is 14.2. The van der Waals surface area contributed by atoms with Crippen molar-refractivity contribution >= 4 is 5.96 Å². The number of benzene rings is 1. The first kappa shape index (κ1) is 14.3. The van der Waals surface area contributed by atoms with Gasteiger partial charge >= 0.3 is 0 Å². The Kier molecular flexibility index (Phi) is 3.57. The minimum absolute atomic E-state index is 0.0830. The molecule has 2 heterocycles. The zero-order valence-electron chi connectivity index (χ0n) is 12.0. The number of halogens is 2. The number of ether oxygens (including phenoxy) is 1. The van der Waals surface area contributed by atoms with E-state index < -0.39 is 17.2 Å². The van der Waals surface area contributed by atoms with E-state index in [-0.39, 0.29) is 6.10 Å². The van der Waals surface area contributed by atoms with Gasteiger partial charge in [-0.25, -0.2) is 8.78 Å². The molecule has 4 nitrogen and oxygen atoms in total. The summed E-state index contributed by atoms with van der Waals surface area (Å²) in [6, 6.07) is 3.64. The van der Waals surface area contributed by atoms with Gasteiger partial charge in [0.1, 0.15) is 11.6 Å². The van der Waals surface area contributed by atoms with Crippen molar-refractivity contribution in [3.63, 3.8) is 0 Å². The third-order valence-electron chi connectivity index (χ3n) is 4.34. The second-order valence-electron chi connectivity index (χ2n) is 5.82. The van der Waals surface area contributed by atoms with Gasteiger partial charge < -0.3 is 15.4 Å². The first-order chi connectivity index (χ1) is 10.0. The van der Waals surface area contributed by atoms with Crippen LogP contribution in [0.1, 0.15) is 25.3 Å². The molecule has 1 aromatic rings. The topological polar surface area (TPSA) is 50.8 Å². The molecule has 1 aromatic carbocycles. The fourth-order valence-corrected chi connectivity index (χ4v) is 3.10. The van der Waals surface area contributed by atoms with Crippen LogP contribution in [0, 0.1) is 11.6 Å². The predicted octanol–water partition coefficient (Wildman–Crippen LogP) is 1.99. The fraction of sp³-hybridized carbons (Fsp3) is 0.533. The molecular weight excluding hydrogens is 276 g/mol. The van der Waals surface area contributed by atoms with Crippen molar-refractivity contribution in [2.45, 2.75) is 31.4 Å². The van der Waals surface area contributed by atoms with Crippen molar-refractivity contribution < 1.29 is 13.5 Å². The second-order valence-corrected chi connectivity index (χ2v) is 5.82. The Labute approximate surface area is 122 Å². The van der Waals surface area contributed by atoms with Gasteiger partial charge in [0, 0.05) is 24.8 Å². The minimum Gasteiger partial charge on any atom is -0.376 e. The number of hydrogen-bond donors (Lipinski definition) is 1. The molecule has 1 fully saturated rings. The molecule has 21 heavy (non-hydrogen) atoms. The summed E-state index contributed by atoms with van der Waals surface area (Å²) < 4.78 is 32.9. The highest BCUT2D eigenvalue weighted by Gasteiger charge is 2.42. The van der Waals surface area contributed by atoms with E-state index in [1.165, 1.54) is 12.1 Å². The van der Waals surface area contributed by atoms with Crippen LogP contribution in [0.3, 0.4) is 0 Å². The van der Waals surface area contributed by atoms with Crippen LogP contribution in [-0.2, 0) is 10.3 Å². The Morgan fingerprint density at radius 3 is 2.95 bits per heavy atom. The van der Waals surface area contributed by atoms with Gasteiger partial charge in [0.2, 0.25) is 0 Å². The Bertz CT molecular complexity index is 572. The first-order valence-corrected chi connectivity index (χ1v) is 7.15. The number of hydrogen-bond acceptors (Lipinski definition) is 4. The number of guanidine groups is 1. The van der Waals surface area contributed by atoms with Gasteiger partial charge in [-0.1, -0.05) is 6.07 Å². The highest BCUT2D eigenvalue weighted by atomic mass is 19.1. The van der Waals surface area contributed by atoms with Crippen molar-refractivity contribution in [2.24, 2.45) is 10.7 Å². The Morgan fingerprint density at radius 2 is 2.29 bits per heavy atom. The summed E-state index contributed by atoms with van der Waals surface area (Å²) in [6.07, 6.45) is 2.07. The van der Waals surface area contributed by atoms with E-state index in [2.05, 4.69) is 4.99 Å². The molecule has 6 heteroatoms. The third kappa shape index (κ3) is 2.48. The third-order valence-corrected chi connectivity index (χ3v) is 4.34. The number of rotatable bonds is 3. The standard InChI is InChI=1S/C15H19F2N3O/c1-15(12-5-4-10(16)7-13(12)17)9-19-14(18)20(15)8-11-3-2-6-21-11/h4-5,7,11H,2-3,6,8-9H2,1H3,(H2,18,19). The summed E-state index contributed by atoms with van der Waals surface area (Å²) in [7, 11) is 0. The van der Waals surface area contributed by atoms with Gasteiger partial charge in [-0.2, -0.15) is 0 Å². The molecule has 2 N–H and O–H groups in total. The Morgan fingerprint density at radius 1 is 1.48 bits per heavy atom. The molecule has 3 rings (SSSR count). The molecule has 0 amide bonds. The highest BCUT2D eigenvalue weighted by molar-refractivity contribution is 5.81. The van der Waals surface area contributed by atoms with Crippen LogP contribution in [0.15, 0.2) is 23.2 Å². The summed E-state index contributed by atoms with van der Waals surface area (Å²) in [4.78, 5) is 6.13. The maximum Gasteiger partial charge on any atom is 0.192 e. The summed E-state index contributed by atoms with van der Waals surface area (Å²) in [5.74, 6) is -0.770. The van der Waals surface area contributed by atoms with Gasteiger partial charge in [0.25, 0.3) is 0 Å². The van der Waals surface area contributed by atoms with Crippen molar-refractivity contribution in [2.75, 3.05) is 19.7 Å². The number of nitrogens with two attached hydrogens (primary N) is 1. The lowest BCUT2D eigenvalue weighted by Crippen LogP contribution is -2.50. The quantitative estimate of drug-likeness (QED) is 0.928. The molecule has 0 bridgehead atoms. The van der Waals surface area contributed by atoms with Crippen molar-refractivity contribution in [3.05, 3.63) is 35.4 Å². The maximum absolute atomic E-state index is 14.2. The molecular formula is C15H19F2N3O. The van der Waals surface area contributed by atoms with Crippen LogP contribution < -0.4 is 5.73 Å². The molecule has 2 aliphatic heterocycles. The van der Waals surface area contributed by atoms with Crippen LogP contribution in [0.4, 0.5) is 8.78 Å². The van der Waals surface area contributed by atoms with Crippen molar-refractivity contribution in [1.82, 2.24) is 4.90 Å². The molecule has 1 saturated heterocycles. The van der Waals surface area contributed by atoms with Gasteiger partial charge in [-0.3, -0.25) is 4.99 Å². The van der Waals surface area contributed by atoms with E-state index in [9.17, 15) is 8.78 Å². The molecule has 0 aromatic heterocycles. The van der Waals surface area contributed by atoms with Crippen LogP contribution in [0.25, 0.3) is 0 Å². The molecule has 0 radical (unpaired) electrons. The van der Waals surface area contributed by atoms with Crippen LogP contribution in [0.5, 0.6) is 0 Å². The van der Waals surface area contributed by atoms with Gasteiger partial charge in [0.15, 0.2) is 5.96 Å². The Hall–Kier alpha value is -1.69. The SMILES string of the molecule is CC1(c2ccc(F)cc2F)CN=C(N)N1CC1CCCO1. The lowest BCUT2D eigenvalue weighted by molar-refractivity contribution is 0.0682. The molecule has 114 valence electrons. The first-order valence-electron chi connectivity index (χ1n) is 7.15. The average Bonchev–Trinajstić information content (AvgIpc) is 3.03. The Balaban J connectivity index is 1.90. The highest BCUT2D eigenvalue weighted by Crippen LogP contribution is 2.35. The molecule has 0 spiro atoms. The molecule has 2 atom stereocenters. The minimum atomic E-state index is -0.701. The average molecular weight is 295 g/mol. The van der Waals surface area contributed by atoms with Gasteiger partial charge in [0.05, 0.1) is 18.2 Å². The van der Waals surface area contributed by atoms with Crippen LogP contribution in [0.2, 0.25) is 0 Å². The monoisotopic (exact) mass is 295 g/mol. The summed E-state index contributed by atoms with van der Waals surface area (Å²) >= 11 is 0. The van der Waals surface area contributed by atoms with Crippen LogP contribution >= 0.6 is 0 Å².